The van der Waals surface area contributed by atoms with Gasteiger partial charge in [-0.05, 0) is 34.9 Å². The van der Waals surface area contributed by atoms with E-state index < -0.39 is 0 Å². The zero-order valence-corrected chi connectivity index (χ0v) is 10.7. The number of hydrogen-bond donors (Lipinski definition) is 1. The molecule has 18 heavy (non-hydrogen) atoms. The minimum atomic E-state index is 0.495. The Hall–Kier alpha value is -2.17. The first-order valence-corrected chi connectivity index (χ1v) is 5.99. The molecule has 0 saturated heterocycles. The third-order valence-electron chi connectivity index (χ3n) is 3.25. The van der Waals surface area contributed by atoms with Gasteiger partial charge in [0.05, 0.1) is 0 Å². The van der Waals surface area contributed by atoms with Gasteiger partial charge in [-0.2, -0.15) is 5.21 Å². The SMILES string of the molecule is CC(C)c1cn(C)c2ccc(-c3nn[nH]n3)cc12. The van der Waals surface area contributed by atoms with Gasteiger partial charge in [-0.1, -0.05) is 13.8 Å². The summed E-state index contributed by atoms with van der Waals surface area (Å²) < 4.78 is 2.16. The van der Waals surface area contributed by atoms with Crippen molar-refractivity contribution in [3.05, 3.63) is 30.0 Å². The molecule has 1 N–H and O–H groups in total. The maximum atomic E-state index is 4.02. The molecule has 0 unspecified atom stereocenters. The van der Waals surface area contributed by atoms with Crippen LogP contribution in [0.2, 0.25) is 0 Å². The summed E-state index contributed by atoms with van der Waals surface area (Å²) in [5.41, 5.74) is 3.56. The Bertz CT molecular complexity index is 679. The summed E-state index contributed by atoms with van der Waals surface area (Å²) in [6.07, 6.45) is 2.19. The van der Waals surface area contributed by atoms with E-state index in [1.165, 1.54) is 16.5 Å². The third-order valence-corrected chi connectivity index (χ3v) is 3.25. The van der Waals surface area contributed by atoms with Crippen LogP contribution in [0.25, 0.3) is 22.3 Å². The predicted molar refractivity (Wildman–Crippen MR) is 70.2 cm³/mol. The first kappa shape index (κ1) is 11.0. The highest BCUT2D eigenvalue weighted by Gasteiger charge is 2.12. The number of benzene rings is 1. The quantitative estimate of drug-likeness (QED) is 0.749. The zero-order chi connectivity index (χ0) is 12.7. The Morgan fingerprint density at radius 2 is 2.11 bits per heavy atom. The standard InChI is InChI=1S/C13H15N5/c1-8(2)11-7-18(3)12-5-4-9(6-10(11)12)13-14-16-17-15-13/h4-8H,1-3H3,(H,14,15,16,17). The van der Waals surface area contributed by atoms with Crippen molar-refractivity contribution in [3.8, 4) is 11.4 Å². The summed E-state index contributed by atoms with van der Waals surface area (Å²) in [4.78, 5) is 0. The molecule has 0 radical (unpaired) electrons. The van der Waals surface area contributed by atoms with Crippen LogP contribution < -0.4 is 0 Å². The Morgan fingerprint density at radius 1 is 1.28 bits per heavy atom. The van der Waals surface area contributed by atoms with Gasteiger partial charge in [-0.25, -0.2) is 0 Å². The molecule has 0 atom stereocenters. The molecule has 5 nitrogen and oxygen atoms in total. The van der Waals surface area contributed by atoms with E-state index in [1.54, 1.807) is 0 Å². The summed E-state index contributed by atoms with van der Waals surface area (Å²) in [6, 6.07) is 6.26. The van der Waals surface area contributed by atoms with E-state index in [4.69, 9.17) is 0 Å². The molecule has 0 fully saturated rings. The van der Waals surface area contributed by atoms with Gasteiger partial charge in [0.25, 0.3) is 0 Å². The summed E-state index contributed by atoms with van der Waals surface area (Å²) >= 11 is 0. The van der Waals surface area contributed by atoms with E-state index in [1.807, 2.05) is 6.07 Å². The van der Waals surface area contributed by atoms with Crippen LogP contribution >= 0.6 is 0 Å². The molecule has 0 aliphatic heterocycles. The average molecular weight is 241 g/mol. The minimum absolute atomic E-state index is 0.495. The number of hydrogen-bond acceptors (Lipinski definition) is 3. The van der Waals surface area contributed by atoms with E-state index in [0.717, 1.165) is 5.56 Å². The van der Waals surface area contributed by atoms with Gasteiger partial charge < -0.3 is 4.57 Å². The second-order valence-corrected chi connectivity index (χ2v) is 4.82. The Labute approximate surface area is 105 Å². The molecule has 2 aromatic heterocycles. The van der Waals surface area contributed by atoms with Crippen molar-refractivity contribution in [2.24, 2.45) is 7.05 Å². The summed E-state index contributed by atoms with van der Waals surface area (Å²) in [6.45, 7) is 4.41. The van der Waals surface area contributed by atoms with Gasteiger partial charge >= 0.3 is 0 Å². The van der Waals surface area contributed by atoms with E-state index in [2.05, 4.69) is 64.4 Å². The van der Waals surface area contributed by atoms with Crippen LogP contribution in [-0.4, -0.2) is 25.2 Å². The Balaban J connectivity index is 2.25. The summed E-state index contributed by atoms with van der Waals surface area (Å²) in [5.74, 6) is 1.13. The van der Waals surface area contributed by atoms with Gasteiger partial charge in [0.1, 0.15) is 0 Å². The van der Waals surface area contributed by atoms with Crippen LogP contribution in [0.3, 0.4) is 0 Å². The fourth-order valence-electron chi connectivity index (χ4n) is 2.31. The number of nitrogens with zero attached hydrogens (tertiary/aromatic N) is 4. The van der Waals surface area contributed by atoms with Crippen molar-refractivity contribution >= 4 is 10.9 Å². The highest BCUT2D eigenvalue weighted by molar-refractivity contribution is 5.88. The van der Waals surface area contributed by atoms with Crippen LogP contribution in [0.4, 0.5) is 0 Å². The highest BCUT2D eigenvalue weighted by Crippen LogP contribution is 2.29. The molecule has 5 heteroatoms. The van der Waals surface area contributed by atoms with Gasteiger partial charge in [0.15, 0.2) is 0 Å². The average Bonchev–Trinajstić information content (AvgIpc) is 2.97. The topological polar surface area (TPSA) is 59.4 Å². The molecular weight excluding hydrogens is 226 g/mol. The fourth-order valence-corrected chi connectivity index (χ4v) is 2.31. The summed E-state index contributed by atoms with van der Waals surface area (Å²) in [5, 5.41) is 15.4. The number of tetrazole rings is 1. The monoisotopic (exact) mass is 241 g/mol. The van der Waals surface area contributed by atoms with Crippen molar-refractivity contribution in [1.82, 2.24) is 25.2 Å². The second-order valence-electron chi connectivity index (χ2n) is 4.82. The molecule has 3 aromatic rings. The Kier molecular flexibility index (Phi) is 2.40. The molecule has 3 rings (SSSR count). The predicted octanol–water partition coefficient (Wildman–Crippen LogP) is 2.48. The molecule has 0 saturated carbocycles. The molecule has 0 spiro atoms. The van der Waals surface area contributed by atoms with Crippen molar-refractivity contribution < 1.29 is 0 Å². The number of aryl methyl sites for hydroxylation is 1. The molecule has 1 aromatic carbocycles. The Morgan fingerprint density at radius 3 is 2.78 bits per heavy atom. The zero-order valence-electron chi connectivity index (χ0n) is 10.7. The lowest BCUT2D eigenvalue weighted by Gasteiger charge is -2.03. The fraction of sp³-hybridized carbons (Fsp3) is 0.308. The molecule has 2 heterocycles. The van der Waals surface area contributed by atoms with E-state index in [-0.39, 0.29) is 0 Å². The van der Waals surface area contributed by atoms with Crippen LogP contribution in [0.5, 0.6) is 0 Å². The first-order chi connectivity index (χ1) is 8.66. The third kappa shape index (κ3) is 1.59. The molecular formula is C13H15N5. The van der Waals surface area contributed by atoms with Gasteiger partial charge in [-0.15, -0.1) is 10.2 Å². The largest absolute Gasteiger partial charge is 0.350 e. The van der Waals surface area contributed by atoms with Crippen LogP contribution in [-0.2, 0) is 7.05 Å². The van der Waals surface area contributed by atoms with Gasteiger partial charge in [0.2, 0.25) is 5.82 Å². The second kappa shape index (κ2) is 3.94. The van der Waals surface area contributed by atoms with Crippen molar-refractivity contribution in [3.63, 3.8) is 0 Å². The smallest absolute Gasteiger partial charge is 0.204 e. The molecule has 92 valence electrons. The lowest BCUT2D eigenvalue weighted by atomic mass is 10.0. The molecule has 0 aliphatic carbocycles. The van der Waals surface area contributed by atoms with E-state index in [9.17, 15) is 0 Å². The number of fused-ring (bicyclic) bond motifs is 1. The van der Waals surface area contributed by atoms with Crippen molar-refractivity contribution in [2.75, 3.05) is 0 Å². The number of aromatic amines is 1. The van der Waals surface area contributed by atoms with Gasteiger partial charge in [-0.3, -0.25) is 0 Å². The molecule has 0 bridgehead atoms. The number of H-pyrrole nitrogens is 1. The molecule has 0 aliphatic rings. The highest BCUT2D eigenvalue weighted by atomic mass is 15.5. The minimum Gasteiger partial charge on any atom is -0.350 e. The number of rotatable bonds is 2. The number of nitrogens with one attached hydrogen (secondary N) is 1. The lowest BCUT2D eigenvalue weighted by molar-refractivity contribution is 0.857. The van der Waals surface area contributed by atoms with Crippen LogP contribution in [0.15, 0.2) is 24.4 Å². The first-order valence-electron chi connectivity index (χ1n) is 5.99. The normalized spacial score (nSPS) is 11.6. The van der Waals surface area contributed by atoms with Gasteiger partial charge in [0, 0.05) is 29.7 Å². The van der Waals surface area contributed by atoms with Crippen LogP contribution in [0, 0.1) is 0 Å². The van der Waals surface area contributed by atoms with Crippen molar-refractivity contribution in [1.29, 1.82) is 0 Å². The maximum Gasteiger partial charge on any atom is 0.204 e. The van der Waals surface area contributed by atoms with E-state index in [0.29, 0.717) is 11.7 Å². The van der Waals surface area contributed by atoms with Crippen molar-refractivity contribution in [2.45, 2.75) is 19.8 Å². The van der Waals surface area contributed by atoms with E-state index >= 15 is 0 Å². The lowest BCUT2D eigenvalue weighted by Crippen LogP contribution is -1.85. The maximum absolute atomic E-state index is 4.02. The summed E-state index contributed by atoms with van der Waals surface area (Å²) in [7, 11) is 2.07. The molecule has 0 amide bonds. The number of aromatic nitrogens is 5. The van der Waals surface area contributed by atoms with Crippen LogP contribution in [0.1, 0.15) is 25.3 Å².